The molecule has 2 aromatic rings. The Morgan fingerprint density at radius 2 is 2.05 bits per heavy atom. The Balaban J connectivity index is 2.16. The minimum absolute atomic E-state index is 0.0663. The third-order valence-corrected chi connectivity index (χ3v) is 3.65. The van der Waals surface area contributed by atoms with Crippen LogP contribution in [0.1, 0.15) is 6.92 Å². The van der Waals surface area contributed by atoms with Crippen LogP contribution in [-0.2, 0) is 4.79 Å². The first-order chi connectivity index (χ1) is 9.70. The van der Waals surface area contributed by atoms with E-state index in [0.29, 0.717) is 17.2 Å². The number of anilines is 1. The summed E-state index contributed by atoms with van der Waals surface area (Å²) in [6, 6.07) is 11.1. The summed E-state index contributed by atoms with van der Waals surface area (Å²) in [7, 11) is 0. The number of thioether (sulfide) groups is 1. The van der Waals surface area contributed by atoms with Gasteiger partial charge in [0.1, 0.15) is 11.4 Å². The molecule has 1 aromatic heterocycles. The van der Waals surface area contributed by atoms with Crippen molar-refractivity contribution in [3.63, 3.8) is 0 Å². The van der Waals surface area contributed by atoms with E-state index in [-0.39, 0.29) is 11.2 Å². The molecule has 0 saturated carbocycles. The fourth-order valence-corrected chi connectivity index (χ4v) is 1.79. The Kier molecular flexibility index (Phi) is 5.01. The molecule has 0 aliphatic carbocycles. The lowest BCUT2D eigenvalue weighted by molar-refractivity contribution is -0.115. The Hall–Kier alpha value is -2.01. The highest BCUT2D eigenvalue weighted by Gasteiger charge is 2.14. The fraction of sp³-hybridized carbons (Fsp3) is 0.200. The molecule has 5 heteroatoms. The molecule has 0 bridgehead atoms. The van der Waals surface area contributed by atoms with Crippen molar-refractivity contribution in [3.8, 4) is 11.5 Å². The lowest BCUT2D eigenvalue weighted by Crippen LogP contribution is -2.22. The number of hydrogen-bond donors (Lipinski definition) is 1. The predicted molar refractivity (Wildman–Crippen MR) is 82.4 cm³/mol. The topological polar surface area (TPSA) is 51.2 Å². The van der Waals surface area contributed by atoms with Crippen LogP contribution in [0.3, 0.4) is 0 Å². The number of benzene rings is 1. The number of ether oxygens (including phenoxy) is 1. The molecule has 0 fully saturated rings. The fourth-order valence-electron chi connectivity index (χ4n) is 1.52. The molecule has 0 aliphatic heterocycles. The van der Waals surface area contributed by atoms with E-state index >= 15 is 0 Å². The molecule has 2 rings (SSSR count). The maximum atomic E-state index is 11.9. The van der Waals surface area contributed by atoms with Gasteiger partial charge in [-0.05, 0) is 25.3 Å². The zero-order valence-electron chi connectivity index (χ0n) is 11.4. The summed E-state index contributed by atoms with van der Waals surface area (Å²) in [6.07, 6.45) is 5.12. The van der Waals surface area contributed by atoms with Crippen molar-refractivity contribution >= 4 is 23.4 Å². The van der Waals surface area contributed by atoms with Gasteiger partial charge in [0.2, 0.25) is 5.91 Å². The Morgan fingerprint density at radius 1 is 1.30 bits per heavy atom. The Morgan fingerprint density at radius 3 is 2.75 bits per heavy atom. The van der Waals surface area contributed by atoms with Gasteiger partial charge < -0.3 is 10.1 Å². The molecule has 0 aliphatic rings. The van der Waals surface area contributed by atoms with Crippen LogP contribution in [0.25, 0.3) is 0 Å². The van der Waals surface area contributed by atoms with E-state index < -0.39 is 0 Å². The molecular weight excluding hydrogens is 272 g/mol. The average Bonchev–Trinajstić information content (AvgIpc) is 2.49. The molecule has 20 heavy (non-hydrogen) atoms. The molecule has 0 saturated heterocycles. The summed E-state index contributed by atoms with van der Waals surface area (Å²) in [5.74, 6) is 1.23. The standard InChI is InChI=1S/C15H16N2O2S/c1-11(20-2)15(18)17-13-10-16-9-8-14(13)19-12-6-4-3-5-7-12/h3-11H,1-2H3,(H,17,18)/t11-/m0/s1. The number of aromatic nitrogens is 1. The maximum absolute atomic E-state index is 11.9. The smallest absolute Gasteiger partial charge is 0.237 e. The second-order valence-corrected chi connectivity index (χ2v) is 5.33. The lowest BCUT2D eigenvalue weighted by Gasteiger charge is -2.13. The number of carbonyl (C=O) groups excluding carboxylic acids is 1. The number of nitrogens with zero attached hydrogens (tertiary/aromatic N) is 1. The van der Waals surface area contributed by atoms with Crippen molar-refractivity contribution in [2.75, 3.05) is 11.6 Å². The first-order valence-electron chi connectivity index (χ1n) is 6.21. The summed E-state index contributed by atoms with van der Waals surface area (Å²) < 4.78 is 5.76. The van der Waals surface area contributed by atoms with E-state index in [9.17, 15) is 4.79 Å². The van der Waals surface area contributed by atoms with Crippen molar-refractivity contribution in [2.45, 2.75) is 12.2 Å². The van der Waals surface area contributed by atoms with Crippen LogP contribution in [0.15, 0.2) is 48.8 Å². The highest BCUT2D eigenvalue weighted by Crippen LogP contribution is 2.28. The van der Waals surface area contributed by atoms with E-state index in [1.165, 1.54) is 11.8 Å². The number of amides is 1. The van der Waals surface area contributed by atoms with Crippen LogP contribution < -0.4 is 10.1 Å². The normalized spacial score (nSPS) is 11.7. The minimum atomic E-state index is -0.125. The molecule has 1 aromatic carbocycles. The van der Waals surface area contributed by atoms with Gasteiger partial charge in [-0.3, -0.25) is 9.78 Å². The molecule has 104 valence electrons. The SMILES string of the molecule is CS[C@@H](C)C(=O)Nc1cnccc1Oc1ccccc1. The zero-order valence-corrected chi connectivity index (χ0v) is 12.2. The minimum Gasteiger partial charge on any atom is -0.455 e. The lowest BCUT2D eigenvalue weighted by atomic mass is 10.3. The van der Waals surface area contributed by atoms with Gasteiger partial charge in [-0.25, -0.2) is 0 Å². The molecular formula is C15H16N2O2S. The zero-order chi connectivity index (χ0) is 14.4. The van der Waals surface area contributed by atoms with Gasteiger partial charge in [-0.2, -0.15) is 11.8 Å². The average molecular weight is 288 g/mol. The first kappa shape index (κ1) is 14.4. The summed E-state index contributed by atoms with van der Waals surface area (Å²) in [5, 5.41) is 2.71. The van der Waals surface area contributed by atoms with E-state index in [1.807, 2.05) is 43.5 Å². The number of nitrogens with one attached hydrogen (secondary N) is 1. The molecule has 1 amide bonds. The largest absolute Gasteiger partial charge is 0.455 e. The highest BCUT2D eigenvalue weighted by atomic mass is 32.2. The van der Waals surface area contributed by atoms with E-state index in [1.54, 1.807) is 18.5 Å². The highest BCUT2D eigenvalue weighted by molar-refractivity contribution is 7.99. The van der Waals surface area contributed by atoms with Crippen molar-refractivity contribution in [3.05, 3.63) is 48.8 Å². The third kappa shape index (κ3) is 3.74. The maximum Gasteiger partial charge on any atom is 0.237 e. The molecule has 1 N–H and O–H groups in total. The van der Waals surface area contributed by atoms with Crippen molar-refractivity contribution in [1.29, 1.82) is 0 Å². The van der Waals surface area contributed by atoms with Gasteiger partial charge in [-0.1, -0.05) is 18.2 Å². The van der Waals surface area contributed by atoms with Crippen molar-refractivity contribution in [1.82, 2.24) is 4.98 Å². The van der Waals surface area contributed by atoms with Crippen LogP contribution >= 0.6 is 11.8 Å². The van der Waals surface area contributed by atoms with Gasteiger partial charge in [-0.15, -0.1) is 0 Å². The van der Waals surface area contributed by atoms with Gasteiger partial charge in [0.05, 0.1) is 11.4 Å². The molecule has 0 radical (unpaired) electrons. The Bertz CT molecular complexity index is 575. The van der Waals surface area contributed by atoms with Crippen molar-refractivity contribution in [2.24, 2.45) is 0 Å². The van der Waals surface area contributed by atoms with E-state index in [4.69, 9.17) is 4.74 Å². The van der Waals surface area contributed by atoms with Crippen LogP contribution in [0, 0.1) is 0 Å². The summed E-state index contributed by atoms with van der Waals surface area (Å²) >= 11 is 1.49. The Labute approximate surface area is 122 Å². The summed E-state index contributed by atoms with van der Waals surface area (Å²) in [5.41, 5.74) is 0.572. The van der Waals surface area contributed by atoms with Gasteiger partial charge in [0.15, 0.2) is 5.75 Å². The quantitative estimate of drug-likeness (QED) is 0.914. The number of rotatable bonds is 5. The second kappa shape index (κ2) is 6.96. The van der Waals surface area contributed by atoms with Crippen molar-refractivity contribution < 1.29 is 9.53 Å². The van der Waals surface area contributed by atoms with Crippen LogP contribution in [0.4, 0.5) is 5.69 Å². The molecule has 1 atom stereocenters. The number of carbonyl (C=O) groups is 1. The summed E-state index contributed by atoms with van der Waals surface area (Å²) in [6.45, 7) is 1.86. The second-order valence-electron chi connectivity index (χ2n) is 4.15. The monoisotopic (exact) mass is 288 g/mol. The number of para-hydroxylation sites is 1. The van der Waals surface area contributed by atoms with Crippen LogP contribution in [0.5, 0.6) is 11.5 Å². The predicted octanol–water partition coefficient (Wildman–Crippen LogP) is 3.56. The molecule has 4 nitrogen and oxygen atoms in total. The number of pyridine rings is 1. The van der Waals surface area contributed by atoms with Crippen LogP contribution in [0.2, 0.25) is 0 Å². The third-order valence-electron chi connectivity index (χ3n) is 2.73. The summed E-state index contributed by atoms with van der Waals surface area (Å²) in [4.78, 5) is 16.0. The molecule has 0 spiro atoms. The van der Waals surface area contributed by atoms with E-state index in [2.05, 4.69) is 10.3 Å². The molecule has 0 unspecified atom stereocenters. The van der Waals surface area contributed by atoms with Gasteiger partial charge in [0.25, 0.3) is 0 Å². The van der Waals surface area contributed by atoms with E-state index in [0.717, 1.165) is 0 Å². The van der Waals surface area contributed by atoms with Gasteiger partial charge in [0, 0.05) is 12.3 Å². The number of hydrogen-bond acceptors (Lipinski definition) is 4. The van der Waals surface area contributed by atoms with Crippen LogP contribution in [-0.4, -0.2) is 22.4 Å². The molecule has 1 heterocycles. The first-order valence-corrected chi connectivity index (χ1v) is 7.50. The van der Waals surface area contributed by atoms with Gasteiger partial charge >= 0.3 is 0 Å².